The van der Waals surface area contributed by atoms with Gasteiger partial charge in [0.05, 0.1) is 12.7 Å². The maximum atomic E-state index is 11.5. The zero-order valence-electron chi connectivity index (χ0n) is 11.1. The predicted octanol–water partition coefficient (Wildman–Crippen LogP) is 2.91. The van der Waals surface area contributed by atoms with E-state index in [0.29, 0.717) is 12.1 Å². The second-order valence-electron chi connectivity index (χ2n) is 4.42. The van der Waals surface area contributed by atoms with Crippen molar-refractivity contribution >= 4 is 5.97 Å². The van der Waals surface area contributed by atoms with Crippen molar-refractivity contribution in [3.05, 3.63) is 59.2 Å². The van der Waals surface area contributed by atoms with Crippen molar-refractivity contribution in [3.8, 4) is 11.1 Å². The third-order valence-electron chi connectivity index (χ3n) is 3.15. The van der Waals surface area contributed by atoms with Gasteiger partial charge in [-0.3, -0.25) is 0 Å². The zero-order valence-corrected chi connectivity index (χ0v) is 11.1. The molecule has 0 aromatic heterocycles. The van der Waals surface area contributed by atoms with E-state index in [0.717, 1.165) is 22.3 Å². The van der Waals surface area contributed by atoms with E-state index in [1.807, 2.05) is 43.3 Å². The molecule has 0 atom stereocenters. The Morgan fingerprint density at radius 2 is 1.74 bits per heavy atom. The molecule has 0 bridgehead atoms. The Labute approximate surface area is 113 Å². The highest BCUT2D eigenvalue weighted by molar-refractivity contribution is 5.91. The van der Waals surface area contributed by atoms with Crippen LogP contribution in [0.25, 0.3) is 11.1 Å². The lowest BCUT2D eigenvalue weighted by atomic mass is 9.99. The molecule has 0 amide bonds. The van der Waals surface area contributed by atoms with E-state index in [1.54, 1.807) is 6.07 Å². The summed E-state index contributed by atoms with van der Waals surface area (Å²) in [4.78, 5) is 11.5. The maximum absolute atomic E-state index is 11.5. The molecule has 0 fully saturated rings. The fourth-order valence-corrected chi connectivity index (χ4v) is 2.02. The Morgan fingerprint density at radius 1 is 1.11 bits per heavy atom. The number of carbonyl (C=O) groups is 1. The summed E-state index contributed by atoms with van der Waals surface area (Å²) in [6, 6.07) is 13.8. The molecule has 0 spiro atoms. The van der Waals surface area contributed by atoms with Crippen LogP contribution in [0.3, 0.4) is 0 Å². The standard InChI is InChI=1S/C16H17NO2/c1-11-9-14(7-8-15(11)16(18)19-2)13-5-3-12(10-17)4-6-13/h3-9H,10,17H2,1-2H3. The summed E-state index contributed by atoms with van der Waals surface area (Å²) in [7, 11) is 1.39. The van der Waals surface area contributed by atoms with Gasteiger partial charge in [-0.05, 0) is 35.2 Å². The van der Waals surface area contributed by atoms with E-state index < -0.39 is 0 Å². The minimum Gasteiger partial charge on any atom is -0.465 e. The highest BCUT2D eigenvalue weighted by Gasteiger charge is 2.09. The topological polar surface area (TPSA) is 52.3 Å². The van der Waals surface area contributed by atoms with Crippen LogP contribution in [0.2, 0.25) is 0 Å². The van der Waals surface area contributed by atoms with Gasteiger partial charge < -0.3 is 10.5 Å². The SMILES string of the molecule is COC(=O)c1ccc(-c2ccc(CN)cc2)cc1C. The molecule has 2 N–H and O–H groups in total. The maximum Gasteiger partial charge on any atom is 0.338 e. The monoisotopic (exact) mass is 255 g/mol. The van der Waals surface area contributed by atoms with Gasteiger partial charge in [-0.1, -0.05) is 36.4 Å². The Balaban J connectivity index is 2.35. The molecule has 3 heteroatoms. The van der Waals surface area contributed by atoms with Crippen LogP contribution in [0.4, 0.5) is 0 Å². The largest absolute Gasteiger partial charge is 0.465 e. The number of rotatable bonds is 3. The molecule has 0 aliphatic carbocycles. The van der Waals surface area contributed by atoms with E-state index in [-0.39, 0.29) is 5.97 Å². The summed E-state index contributed by atoms with van der Waals surface area (Å²) in [5.74, 6) is -0.303. The molecule has 19 heavy (non-hydrogen) atoms. The fraction of sp³-hybridized carbons (Fsp3) is 0.188. The summed E-state index contributed by atoms with van der Waals surface area (Å²) in [5.41, 5.74) is 10.4. The summed E-state index contributed by atoms with van der Waals surface area (Å²) in [6.45, 7) is 2.45. The molecule has 0 saturated heterocycles. The Hall–Kier alpha value is -2.13. The highest BCUT2D eigenvalue weighted by Crippen LogP contribution is 2.23. The van der Waals surface area contributed by atoms with Gasteiger partial charge in [0.25, 0.3) is 0 Å². The second-order valence-corrected chi connectivity index (χ2v) is 4.42. The Bertz CT molecular complexity index is 588. The molecule has 2 aromatic carbocycles. The van der Waals surface area contributed by atoms with Crippen LogP contribution in [0, 0.1) is 6.92 Å². The number of methoxy groups -OCH3 is 1. The lowest BCUT2D eigenvalue weighted by Crippen LogP contribution is -2.03. The van der Waals surface area contributed by atoms with Crippen LogP contribution in [0.1, 0.15) is 21.5 Å². The van der Waals surface area contributed by atoms with Crippen LogP contribution in [0.5, 0.6) is 0 Å². The molecule has 98 valence electrons. The van der Waals surface area contributed by atoms with Gasteiger partial charge >= 0.3 is 5.97 Å². The lowest BCUT2D eigenvalue weighted by molar-refractivity contribution is 0.0600. The molecule has 2 rings (SSSR count). The summed E-state index contributed by atoms with van der Waals surface area (Å²) < 4.78 is 4.74. The summed E-state index contributed by atoms with van der Waals surface area (Å²) in [6.07, 6.45) is 0. The molecule has 0 aliphatic rings. The minimum absolute atomic E-state index is 0.303. The van der Waals surface area contributed by atoms with Crippen LogP contribution in [-0.4, -0.2) is 13.1 Å². The smallest absolute Gasteiger partial charge is 0.338 e. The number of esters is 1. The molecule has 0 heterocycles. The van der Waals surface area contributed by atoms with Gasteiger partial charge in [0.15, 0.2) is 0 Å². The first kappa shape index (κ1) is 13.3. The molecule has 0 unspecified atom stereocenters. The normalized spacial score (nSPS) is 10.3. The molecule has 2 aromatic rings. The predicted molar refractivity (Wildman–Crippen MR) is 75.8 cm³/mol. The summed E-state index contributed by atoms with van der Waals surface area (Å²) in [5, 5.41) is 0. The van der Waals surface area contributed by atoms with Crippen molar-refractivity contribution in [1.82, 2.24) is 0 Å². The highest BCUT2D eigenvalue weighted by atomic mass is 16.5. The number of carbonyl (C=O) groups excluding carboxylic acids is 1. The fourth-order valence-electron chi connectivity index (χ4n) is 2.02. The zero-order chi connectivity index (χ0) is 13.8. The number of nitrogens with two attached hydrogens (primary N) is 1. The molecule has 0 saturated carbocycles. The van der Waals surface area contributed by atoms with Gasteiger partial charge in [0, 0.05) is 6.54 Å². The summed E-state index contributed by atoms with van der Waals surface area (Å²) >= 11 is 0. The minimum atomic E-state index is -0.303. The second kappa shape index (κ2) is 5.67. The van der Waals surface area contributed by atoms with Gasteiger partial charge in [-0.25, -0.2) is 4.79 Å². The molecule has 3 nitrogen and oxygen atoms in total. The van der Waals surface area contributed by atoms with Crippen molar-refractivity contribution in [2.75, 3.05) is 7.11 Å². The van der Waals surface area contributed by atoms with Gasteiger partial charge in [0.1, 0.15) is 0 Å². The lowest BCUT2D eigenvalue weighted by Gasteiger charge is -2.08. The average molecular weight is 255 g/mol. The van der Waals surface area contributed by atoms with E-state index in [2.05, 4.69) is 0 Å². The first-order chi connectivity index (χ1) is 9.15. The molecule has 0 aliphatic heterocycles. The van der Waals surface area contributed by atoms with Crippen LogP contribution in [-0.2, 0) is 11.3 Å². The molecular formula is C16H17NO2. The van der Waals surface area contributed by atoms with Gasteiger partial charge in [-0.2, -0.15) is 0 Å². The first-order valence-corrected chi connectivity index (χ1v) is 6.14. The Kier molecular flexibility index (Phi) is 3.97. The van der Waals surface area contributed by atoms with Crippen molar-refractivity contribution in [3.63, 3.8) is 0 Å². The molecule has 0 radical (unpaired) electrons. The number of aryl methyl sites for hydroxylation is 1. The van der Waals surface area contributed by atoms with Crippen molar-refractivity contribution in [1.29, 1.82) is 0 Å². The first-order valence-electron chi connectivity index (χ1n) is 6.14. The number of hydrogen-bond acceptors (Lipinski definition) is 3. The van der Waals surface area contributed by atoms with Crippen LogP contribution >= 0.6 is 0 Å². The van der Waals surface area contributed by atoms with E-state index >= 15 is 0 Å². The number of benzene rings is 2. The Morgan fingerprint density at radius 3 is 2.26 bits per heavy atom. The number of ether oxygens (including phenoxy) is 1. The quantitative estimate of drug-likeness (QED) is 0.858. The van der Waals surface area contributed by atoms with Crippen LogP contribution < -0.4 is 5.73 Å². The van der Waals surface area contributed by atoms with Crippen LogP contribution in [0.15, 0.2) is 42.5 Å². The molecular weight excluding hydrogens is 238 g/mol. The number of hydrogen-bond donors (Lipinski definition) is 1. The third kappa shape index (κ3) is 2.83. The van der Waals surface area contributed by atoms with Gasteiger partial charge in [0.2, 0.25) is 0 Å². The van der Waals surface area contributed by atoms with Gasteiger partial charge in [-0.15, -0.1) is 0 Å². The van der Waals surface area contributed by atoms with Crippen molar-refractivity contribution in [2.45, 2.75) is 13.5 Å². The average Bonchev–Trinajstić information content (AvgIpc) is 2.46. The van der Waals surface area contributed by atoms with E-state index in [9.17, 15) is 4.79 Å². The van der Waals surface area contributed by atoms with E-state index in [4.69, 9.17) is 10.5 Å². The van der Waals surface area contributed by atoms with Crippen molar-refractivity contribution in [2.24, 2.45) is 5.73 Å². The van der Waals surface area contributed by atoms with Crippen molar-refractivity contribution < 1.29 is 9.53 Å². The third-order valence-corrected chi connectivity index (χ3v) is 3.15. The van der Waals surface area contributed by atoms with E-state index in [1.165, 1.54) is 7.11 Å².